The average Bonchev–Trinajstić information content (AvgIpc) is 3.03. The maximum atomic E-state index is 11.6. The summed E-state index contributed by atoms with van der Waals surface area (Å²) >= 11 is 0. The van der Waals surface area contributed by atoms with Crippen LogP contribution in [0.2, 0.25) is 0 Å². The number of amides is 2. The van der Waals surface area contributed by atoms with Gasteiger partial charge in [-0.1, -0.05) is 0 Å². The summed E-state index contributed by atoms with van der Waals surface area (Å²) in [5, 5.41) is 14.1. The molecule has 1 fully saturated rings. The van der Waals surface area contributed by atoms with E-state index in [1.807, 2.05) is 7.05 Å². The van der Waals surface area contributed by atoms with E-state index in [9.17, 15) is 9.59 Å². The number of carboxylic acids is 1. The summed E-state index contributed by atoms with van der Waals surface area (Å²) in [6.45, 7) is 1.85. The molecule has 0 spiro atoms. The van der Waals surface area contributed by atoms with Gasteiger partial charge in [-0.15, -0.1) is 0 Å². The molecule has 1 aliphatic heterocycles. The molecule has 110 valence electrons. The number of hydrogen-bond donors (Lipinski definition) is 3. The molecule has 3 N–H and O–H groups in total. The zero-order valence-corrected chi connectivity index (χ0v) is 11.4. The van der Waals surface area contributed by atoms with Gasteiger partial charge in [-0.05, 0) is 38.6 Å². The molecule has 0 saturated carbocycles. The molecule has 0 aromatic carbocycles. The Balaban J connectivity index is 1.70. The van der Waals surface area contributed by atoms with E-state index in [1.54, 1.807) is 0 Å². The zero-order valence-electron chi connectivity index (χ0n) is 11.4. The van der Waals surface area contributed by atoms with Crippen LogP contribution in [0.5, 0.6) is 0 Å². The van der Waals surface area contributed by atoms with E-state index in [0.29, 0.717) is 18.3 Å². The van der Waals surface area contributed by atoms with Crippen molar-refractivity contribution in [2.24, 2.45) is 0 Å². The lowest BCUT2D eigenvalue weighted by molar-refractivity contribution is 0.0660. The first kappa shape index (κ1) is 14.4. The van der Waals surface area contributed by atoms with E-state index >= 15 is 0 Å². The molecule has 2 amide bonds. The number of hydrogen-bond acceptors (Lipinski definition) is 4. The van der Waals surface area contributed by atoms with Crippen LogP contribution in [0.15, 0.2) is 16.5 Å². The average molecular weight is 281 g/mol. The summed E-state index contributed by atoms with van der Waals surface area (Å²) in [6, 6.07) is 3.01. The molecule has 7 heteroatoms. The van der Waals surface area contributed by atoms with Crippen LogP contribution in [-0.2, 0) is 6.54 Å². The number of rotatable bonds is 5. The SMILES string of the molecule is CN1CCCC1CNC(=O)NCc1ccc(C(=O)O)o1. The predicted octanol–water partition coefficient (Wildman–Crippen LogP) is 0.871. The number of carbonyl (C=O) groups is 2. The van der Waals surface area contributed by atoms with Crippen molar-refractivity contribution in [3.8, 4) is 0 Å². The predicted molar refractivity (Wildman–Crippen MR) is 71.6 cm³/mol. The molecular formula is C13H19N3O4. The minimum Gasteiger partial charge on any atom is -0.475 e. The third-order valence-corrected chi connectivity index (χ3v) is 3.47. The van der Waals surface area contributed by atoms with Crippen LogP contribution in [0.25, 0.3) is 0 Å². The smallest absolute Gasteiger partial charge is 0.371 e. The van der Waals surface area contributed by atoms with Gasteiger partial charge in [0.2, 0.25) is 5.76 Å². The minimum absolute atomic E-state index is 0.130. The highest BCUT2D eigenvalue weighted by Crippen LogP contribution is 2.13. The quantitative estimate of drug-likeness (QED) is 0.744. The van der Waals surface area contributed by atoms with Crippen molar-refractivity contribution in [3.05, 3.63) is 23.7 Å². The summed E-state index contributed by atoms with van der Waals surface area (Å²) in [5.74, 6) is -0.838. The molecule has 1 unspecified atom stereocenters. The molecule has 2 heterocycles. The third kappa shape index (κ3) is 3.74. The van der Waals surface area contributed by atoms with Crippen LogP contribution in [0, 0.1) is 0 Å². The molecule has 7 nitrogen and oxygen atoms in total. The Kier molecular flexibility index (Phi) is 4.62. The Labute approximate surface area is 116 Å². The molecule has 1 aromatic rings. The number of likely N-dealkylation sites (N-methyl/N-ethyl adjacent to an activating group) is 1. The second-order valence-electron chi connectivity index (χ2n) is 4.91. The fourth-order valence-electron chi connectivity index (χ4n) is 2.27. The monoisotopic (exact) mass is 281 g/mol. The molecule has 0 bridgehead atoms. The van der Waals surface area contributed by atoms with Gasteiger partial charge in [-0.25, -0.2) is 9.59 Å². The van der Waals surface area contributed by atoms with Gasteiger partial charge in [0.25, 0.3) is 0 Å². The van der Waals surface area contributed by atoms with Gasteiger partial charge in [-0.3, -0.25) is 0 Å². The van der Waals surface area contributed by atoms with Crippen molar-refractivity contribution in [1.82, 2.24) is 15.5 Å². The Hall–Kier alpha value is -2.02. The molecule has 1 atom stereocenters. The first-order valence-corrected chi connectivity index (χ1v) is 6.60. The van der Waals surface area contributed by atoms with E-state index in [1.165, 1.54) is 12.1 Å². The molecular weight excluding hydrogens is 262 g/mol. The lowest BCUT2D eigenvalue weighted by atomic mass is 10.2. The van der Waals surface area contributed by atoms with E-state index in [4.69, 9.17) is 9.52 Å². The maximum absolute atomic E-state index is 11.6. The van der Waals surface area contributed by atoms with Gasteiger partial charge in [0.05, 0.1) is 6.54 Å². The summed E-state index contributed by atoms with van der Waals surface area (Å²) in [4.78, 5) is 24.5. The Bertz CT molecular complexity index is 486. The minimum atomic E-state index is -1.12. The van der Waals surface area contributed by atoms with Crippen LogP contribution in [0.4, 0.5) is 4.79 Å². The van der Waals surface area contributed by atoms with Crippen molar-refractivity contribution < 1.29 is 19.1 Å². The van der Waals surface area contributed by atoms with Crippen LogP contribution in [0.3, 0.4) is 0 Å². The number of aromatic carboxylic acids is 1. The number of carboxylic acid groups (broad SMARTS) is 1. The normalized spacial score (nSPS) is 18.9. The topological polar surface area (TPSA) is 94.8 Å². The van der Waals surface area contributed by atoms with Crippen LogP contribution >= 0.6 is 0 Å². The van der Waals surface area contributed by atoms with Crippen LogP contribution in [0.1, 0.15) is 29.2 Å². The van der Waals surface area contributed by atoms with Gasteiger partial charge in [0.15, 0.2) is 0 Å². The number of nitrogens with zero attached hydrogens (tertiary/aromatic N) is 1. The fraction of sp³-hybridized carbons (Fsp3) is 0.538. The first-order chi connectivity index (χ1) is 9.56. The highest BCUT2D eigenvalue weighted by atomic mass is 16.4. The molecule has 0 radical (unpaired) electrons. The lowest BCUT2D eigenvalue weighted by Crippen LogP contribution is -2.42. The zero-order chi connectivity index (χ0) is 14.5. The highest BCUT2D eigenvalue weighted by molar-refractivity contribution is 5.84. The molecule has 1 aliphatic rings. The van der Waals surface area contributed by atoms with Crippen molar-refractivity contribution in [2.45, 2.75) is 25.4 Å². The fourth-order valence-corrected chi connectivity index (χ4v) is 2.27. The molecule has 0 aliphatic carbocycles. The van der Waals surface area contributed by atoms with Gasteiger partial charge >= 0.3 is 12.0 Å². The summed E-state index contributed by atoms with van der Waals surface area (Å²) in [5.41, 5.74) is 0. The second kappa shape index (κ2) is 6.42. The first-order valence-electron chi connectivity index (χ1n) is 6.60. The van der Waals surface area contributed by atoms with Gasteiger partial charge in [0, 0.05) is 12.6 Å². The van der Waals surface area contributed by atoms with Gasteiger partial charge in [0.1, 0.15) is 5.76 Å². The molecule has 1 saturated heterocycles. The summed E-state index contributed by atoms with van der Waals surface area (Å²) < 4.78 is 5.04. The van der Waals surface area contributed by atoms with Gasteiger partial charge < -0.3 is 25.1 Å². The molecule has 1 aromatic heterocycles. The van der Waals surface area contributed by atoms with E-state index in [0.717, 1.165) is 19.4 Å². The largest absolute Gasteiger partial charge is 0.475 e. The Morgan fingerprint density at radius 2 is 2.25 bits per heavy atom. The van der Waals surface area contributed by atoms with Crippen molar-refractivity contribution in [2.75, 3.05) is 20.1 Å². The van der Waals surface area contributed by atoms with E-state index < -0.39 is 5.97 Å². The number of nitrogens with one attached hydrogen (secondary N) is 2. The highest BCUT2D eigenvalue weighted by Gasteiger charge is 2.21. The standard InChI is InChI=1S/C13H19N3O4/c1-16-6-2-3-9(16)7-14-13(19)15-8-10-4-5-11(20-10)12(17)18/h4-5,9H,2-3,6-8H2,1H3,(H,17,18)(H2,14,15,19). The molecule has 20 heavy (non-hydrogen) atoms. The number of furan rings is 1. The van der Waals surface area contributed by atoms with Crippen LogP contribution in [-0.4, -0.2) is 48.2 Å². The van der Waals surface area contributed by atoms with Gasteiger partial charge in [-0.2, -0.15) is 0 Å². The van der Waals surface area contributed by atoms with Crippen molar-refractivity contribution >= 4 is 12.0 Å². The summed E-state index contributed by atoms with van der Waals surface area (Å²) in [6.07, 6.45) is 2.26. The summed E-state index contributed by atoms with van der Waals surface area (Å²) in [7, 11) is 2.05. The number of carbonyl (C=O) groups excluding carboxylic acids is 1. The van der Waals surface area contributed by atoms with Crippen LogP contribution < -0.4 is 10.6 Å². The Morgan fingerprint density at radius 3 is 2.85 bits per heavy atom. The third-order valence-electron chi connectivity index (χ3n) is 3.47. The maximum Gasteiger partial charge on any atom is 0.371 e. The molecule has 2 rings (SSSR count). The second-order valence-corrected chi connectivity index (χ2v) is 4.91. The van der Waals surface area contributed by atoms with E-state index in [2.05, 4.69) is 15.5 Å². The Morgan fingerprint density at radius 1 is 1.45 bits per heavy atom. The lowest BCUT2D eigenvalue weighted by Gasteiger charge is -2.19. The van der Waals surface area contributed by atoms with E-state index in [-0.39, 0.29) is 18.3 Å². The number of likely N-dealkylation sites (tertiary alicyclic amines) is 1. The van der Waals surface area contributed by atoms with Crippen molar-refractivity contribution in [3.63, 3.8) is 0 Å². The van der Waals surface area contributed by atoms with Crippen molar-refractivity contribution in [1.29, 1.82) is 0 Å². The number of urea groups is 1.